The minimum absolute atomic E-state index is 0.0888. The highest BCUT2D eigenvalue weighted by molar-refractivity contribution is 6.05. The number of hydrogen-bond acceptors (Lipinski definition) is 8. The lowest BCUT2D eigenvalue weighted by atomic mass is 9.94. The SMILES string of the molecule is CCOC(=O)COC1CCN(C(=O)CC(C)C(=O)c2ccc(C(=N)NC(=O)OCC(C)C)cc2)CC1. The first-order valence-electron chi connectivity index (χ1n) is 12.3. The molecule has 0 bridgehead atoms. The Balaban J connectivity index is 1.79. The molecule has 1 fully saturated rings. The van der Waals surface area contributed by atoms with E-state index in [1.54, 1.807) is 43.0 Å². The summed E-state index contributed by atoms with van der Waals surface area (Å²) < 4.78 is 15.4. The molecular formula is C26H37N3O7. The lowest BCUT2D eigenvalue weighted by Gasteiger charge is -2.32. The number of ketones is 1. The molecule has 1 unspecified atom stereocenters. The summed E-state index contributed by atoms with van der Waals surface area (Å²) in [6.07, 6.45) is 0.547. The van der Waals surface area contributed by atoms with Gasteiger partial charge in [-0.2, -0.15) is 0 Å². The van der Waals surface area contributed by atoms with Crippen molar-refractivity contribution in [1.82, 2.24) is 10.2 Å². The monoisotopic (exact) mass is 503 g/mol. The zero-order valence-electron chi connectivity index (χ0n) is 21.5. The minimum atomic E-state index is -0.699. The van der Waals surface area contributed by atoms with Crippen LogP contribution in [-0.4, -0.2) is 73.5 Å². The highest BCUT2D eigenvalue weighted by Gasteiger charge is 2.27. The molecule has 2 N–H and O–H groups in total. The van der Waals surface area contributed by atoms with Crippen LogP contribution in [0.15, 0.2) is 24.3 Å². The van der Waals surface area contributed by atoms with Gasteiger partial charge in [0.05, 0.1) is 19.3 Å². The summed E-state index contributed by atoms with van der Waals surface area (Å²) in [7, 11) is 0. The van der Waals surface area contributed by atoms with E-state index in [0.29, 0.717) is 43.7 Å². The number of nitrogens with one attached hydrogen (secondary N) is 2. The molecule has 1 heterocycles. The minimum Gasteiger partial charge on any atom is -0.464 e. The first kappa shape index (κ1) is 29.0. The van der Waals surface area contributed by atoms with Gasteiger partial charge in [0, 0.05) is 36.6 Å². The third-order valence-electron chi connectivity index (χ3n) is 5.70. The van der Waals surface area contributed by atoms with E-state index in [9.17, 15) is 19.2 Å². The molecule has 1 aliphatic rings. The first-order valence-corrected chi connectivity index (χ1v) is 12.3. The van der Waals surface area contributed by atoms with Gasteiger partial charge >= 0.3 is 12.1 Å². The maximum Gasteiger partial charge on any atom is 0.412 e. The Morgan fingerprint density at radius 1 is 1.03 bits per heavy atom. The van der Waals surface area contributed by atoms with Gasteiger partial charge < -0.3 is 19.1 Å². The number of hydrogen-bond donors (Lipinski definition) is 2. The van der Waals surface area contributed by atoms with Crippen LogP contribution in [0.3, 0.4) is 0 Å². The third kappa shape index (κ3) is 9.41. The number of esters is 1. The van der Waals surface area contributed by atoms with Crippen LogP contribution < -0.4 is 5.32 Å². The van der Waals surface area contributed by atoms with Crippen molar-refractivity contribution in [1.29, 1.82) is 5.41 Å². The number of ether oxygens (including phenoxy) is 3. The molecule has 0 spiro atoms. The average molecular weight is 504 g/mol. The zero-order valence-corrected chi connectivity index (χ0v) is 21.5. The van der Waals surface area contributed by atoms with E-state index in [4.69, 9.17) is 19.6 Å². The van der Waals surface area contributed by atoms with Crippen LogP contribution in [0.4, 0.5) is 4.79 Å². The van der Waals surface area contributed by atoms with Gasteiger partial charge in [-0.1, -0.05) is 45.0 Å². The third-order valence-corrected chi connectivity index (χ3v) is 5.70. The number of carbonyl (C=O) groups excluding carboxylic acids is 4. The molecule has 0 aromatic heterocycles. The van der Waals surface area contributed by atoms with Crippen molar-refractivity contribution in [3.8, 4) is 0 Å². The summed E-state index contributed by atoms with van der Waals surface area (Å²) in [5, 5.41) is 10.4. The second-order valence-corrected chi connectivity index (χ2v) is 9.24. The van der Waals surface area contributed by atoms with E-state index in [1.807, 2.05) is 13.8 Å². The van der Waals surface area contributed by atoms with Gasteiger partial charge in [-0.15, -0.1) is 0 Å². The Labute approximate surface area is 212 Å². The molecule has 10 nitrogen and oxygen atoms in total. The summed E-state index contributed by atoms with van der Waals surface area (Å²) >= 11 is 0. The van der Waals surface area contributed by atoms with Crippen molar-refractivity contribution < 1.29 is 33.4 Å². The van der Waals surface area contributed by atoms with Crippen molar-refractivity contribution in [3.63, 3.8) is 0 Å². The second kappa shape index (κ2) is 14.3. The van der Waals surface area contributed by atoms with Crippen LogP contribution in [0.25, 0.3) is 0 Å². The fourth-order valence-corrected chi connectivity index (χ4v) is 3.68. The summed E-state index contributed by atoms with van der Waals surface area (Å²) in [4.78, 5) is 50.5. The standard InChI is InChI=1S/C26H37N3O7/c1-5-34-23(31)16-35-21-10-12-29(13-11-21)22(30)14-18(4)24(32)19-6-8-20(9-7-19)25(27)28-26(33)36-15-17(2)3/h6-9,17-18,21H,5,10-16H2,1-4H3,(H2,27,28,33). The van der Waals surface area contributed by atoms with Crippen molar-refractivity contribution in [2.75, 3.05) is 32.9 Å². The Kier molecular flexibility index (Phi) is 11.5. The maximum absolute atomic E-state index is 12.8. The predicted molar refractivity (Wildman–Crippen MR) is 133 cm³/mol. The van der Waals surface area contributed by atoms with Gasteiger partial charge in [0.25, 0.3) is 0 Å². The summed E-state index contributed by atoms with van der Waals surface area (Å²) in [5.74, 6) is -1.10. The first-order chi connectivity index (χ1) is 17.1. The van der Waals surface area contributed by atoms with E-state index in [1.165, 1.54) is 0 Å². The number of alkyl carbamates (subject to hydrolysis) is 1. The fraction of sp³-hybridized carbons (Fsp3) is 0.577. The van der Waals surface area contributed by atoms with Crippen LogP contribution in [0.5, 0.6) is 0 Å². The molecule has 36 heavy (non-hydrogen) atoms. The lowest BCUT2D eigenvalue weighted by molar-refractivity contribution is -0.152. The molecule has 2 amide bonds. The molecule has 10 heteroatoms. The molecule has 1 atom stereocenters. The normalized spacial score (nSPS) is 14.8. The molecule has 2 rings (SSSR count). The van der Waals surface area contributed by atoms with E-state index >= 15 is 0 Å². The number of piperidine rings is 1. The van der Waals surface area contributed by atoms with Crippen LogP contribution in [-0.2, 0) is 23.8 Å². The average Bonchev–Trinajstić information content (AvgIpc) is 2.86. The number of rotatable bonds is 11. The predicted octanol–water partition coefficient (Wildman–Crippen LogP) is 3.17. The van der Waals surface area contributed by atoms with E-state index in [0.717, 1.165) is 0 Å². The summed E-state index contributed by atoms with van der Waals surface area (Å²) in [5.41, 5.74) is 0.866. The molecule has 198 valence electrons. The van der Waals surface area contributed by atoms with Crippen molar-refractivity contribution in [3.05, 3.63) is 35.4 Å². The van der Waals surface area contributed by atoms with Crippen LogP contribution in [0.2, 0.25) is 0 Å². The van der Waals surface area contributed by atoms with E-state index in [2.05, 4.69) is 5.32 Å². The van der Waals surface area contributed by atoms with Gasteiger partial charge in [0.2, 0.25) is 5.91 Å². The fourth-order valence-electron chi connectivity index (χ4n) is 3.68. The maximum atomic E-state index is 12.8. The second-order valence-electron chi connectivity index (χ2n) is 9.24. The lowest BCUT2D eigenvalue weighted by Crippen LogP contribution is -2.42. The highest BCUT2D eigenvalue weighted by atomic mass is 16.6. The Hall–Kier alpha value is -3.27. The zero-order chi connectivity index (χ0) is 26.7. The number of carbonyl (C=O) groups is 4. The molecule has 1 aromatic rings. The molecule has 0 saturated carbocycles. The number of likely N-dealkylation sites (tertiary alicyclic amines) is 1. The van der Waals surface area contributed by atoms with Gasteiger partial charge in [-0.3, -0.25) is 20.3 Å². The molecule has 0 radical (unpaired) electrons. The van der Waals surface area contributed by atoms with Gasteiger partial charge in [0.1, 0.15) is 12.4 Å². The molecule has 1 aliphatic heterocycles. The van der Waals surface area contributed by atoms with Crippen molar-refractivity contribution >= 4 is 29.6 Å². The number of benzene rings is 1. The smallest absolute Gasteiger partial charge is 0.412 e. The molecule has 0 aliphatic carbocycles. The Morgan fingerprint density at radius 2 is 1.64 bits per heavy atom. The topological polar surface area (TPSA) is 135 Å². The molecule has 1 aromatic carbocycles. The van der Waals surface area contributed by atoms with Gasteiger partial charge in [0.15, 0.2) is 5.78 Å². The van der Waals surface area contributed by atoms with Crippen molar-refractivity contribution in [2.45, 2.75) is 53.1 Å². The molecular weight excluding hydrogens is 466 g/mol. The van der Waals surface area contributed by atoms with Gasteiger partial charge in [-0.25, -0.2) is 9.59 Å². The molecule has 1 saturated heterocycles. The Bertz CT molecular complexity index is 922. The number of nitrogens with zero attached hydrogens (tertiary/aromatic N) is 1. The van der Waals surface area contributed by atoms with E-state index < -0.39 is 18.0 Å². The number of Topliss-reactive ketones (excluding diaryl/α,β-unsaturated/α-hetero) is 1. The van der Waals surface area contributed by atoms with Crippen LogP contribution in [0.1, 0.15) is 62.9 Å². The quantitative estimate of drug-likeness (QED) is 0.205. The summed E-state index contributed by atoms with van der Waals surface area (Å²) in [6, 6.07) is 6.32. The largest absolute Gasteiger partial charge is 0.464 e. The number of amidine groups is 1. The van der Waals surface area contributed by atoms with Crippen LogP contribution >= 0.6 is 0 Å². The Morgan fingerprint density at radius 3 is 2.22 bits per heavy atom. The van der Waals surface area contributed by atoms with Crippen molar-refractivity contribution in [2.24, 2.45) is 11.8 Å². The van der Waals surface area contributed by atoms with Gasteiger partial charge in [-0.05, 0) is 25.7 Å². The van der Waals surface area contributed by atoms with E-state index in [-0.39, 0.29) is 49.2 Å². The van der Waals surface area contributed by atoms with Crippen LogP contribution in [0, 0.1) is 17.2 Å². The number of amides is 2. The highest BCUT2D eigenvalue weighted by Crippen LogP contribution is 2.19. The summed E-state index contributed by atoms with van der Waals surface area (Å²) in [6.45, 7) is 8.78.